The molecule has 0 saturated carbocycles. The smallest absolute Gasteiger partial charge is 0.265 e. The molecule has 1 heterocycles. The summed E-state index contributed by atoms with van der Waals surface area (Å²) < 4.78 is 13.3. The van der Waals surface area contributed by atoms with E-state index in [-0.39, 0.29) is 17.8 Å². The normalized spacial score (nSPS) is 17.5. The van der Waals surface area contributed by atoms with Gasteiger partial charge in [0.25, 0.3) is 5.91 Å². The monoisotopic (exact) mass is 270 g/mol. The van der Waals surface area contributed by atoms with Crippen molar-refractivity contribution in [2.45, 2.75) is 19.4 Å². The van der Waals surface area contributed by atoms with Crippen LogP contribution in [0.15, 0.2) is 42.5 Å². The largest absolute Gasteiger partial charge is 0.287 e. The number of fused-ring (bicyclic) bond motifs is 1. The van der Waals surface area contributed by atoms with Crippen LogP contribution in [0, 0.1) is 12.7 Å². The van der Waals surface area contributed by atoms with Crippen LogP contribution in [0.25, 0.3) is 0 Å². The summed E-state index contributed by atoms with van der Waals surface area (Å²) in [6, 6.07) is 12.6. The summed E-state index contributed by atoms with van der Waals surface area (Å²) in [5.74, 6) is -0.314. The molecule has 0 spiro atoms. The summed E-state index contributed by atoms with van der Waals surface area (Å²) in [6.07, 6.45) is 0.693. The predicted molar refractivity (Wildman–Crippen MR) is 74.6 cm³/mol. The number of halogens is 1. The van der Waals surface area contributed by atoms with Crippen LogP contribution in [0.3, 0.4) is 0 Å². The van der Waals surface area contributed by atoms with Crippen LogP contribution in [0.5, 0.6) is 0 Å². The van der Waals surface area contributed by atoms with Crippen molar-refractivity contribution in [3.63, 3.8) is 0 Å². The number of carbonyl (C=O) groups is 1. The lowest BCUT2D eigenvalue weighted by Crippen LogP contribution is -2.45. The maximum Gasteiger partial charge on any atom is 0.265 e. The molecule has 2 aromatic rings. The molecule has 2 aromatic carbocycles. The van der Waals surface area contributed by atoms with Gasteiger partial charge in [-0.15, -0.1) is 0 Å². The Balaban J connectivity index is 1.90. The topological polar surface area (TPSA) is 41.1 Å². The summed E-state index contributed by atoms with van der Waals surface area (Å²) in [5, 5.41) is 0. The fourth-order valence-corrected chi connectivity index (χ4v) is 2.54. The zero-order chi connectivity index (χ0) is 14.1. The van der Waals surface area contributed by atoms with Gasteiger partial charge in [-0.05, 0) is 42.2 Å². The molecule has 0 fully saturated rings. The third-order valence-electron chi connectivity index (χ3n) is 3.60. The van der Waals surface area contributed by atoms with Gasteiger partial charge >= 0.3 is 0 Å². The second kappa shape index (κ2) is 5.06. The van der Waals surface area contributed by atoms with Crippen LogP contribution in [0.1, 0.15) is 33.1 Å². The Hall–Kier alpha value is -2.20. The number of amides is 1. The minimum atomic E-state index is -0.195. The molecule has 1 aliphatic rings. The van der Waals surface area contributed by atoms with Gasteiger partial charge in [-0.1, -0.05) is 30.3 Å². The first-order valence-corrected chi connectivity index (χ1v) is 6.55. The first-order chi connectivity index (χ1) is 9.65. The van der Waals surface area contributed by atoms with Gasteiger partial charge in [0.1, 0.15) is 5.82 Å². The molecule has 0 aromatic heterocycles. The van der Waals surface area contributed by atoms with Gasteiger partial charge in [-0.2, -0.15) is 0 Å². The van der Waals surface area contributed by atoms with Crippen LogP contribution in [-0.2, 0) is 6.42 Å². The van der Waals surface area contributed by atoms with Crippen molar-refractivity contribution < 1.29 is 9.18 Å². The molecule has 3 rings (SSSR count). The van der Waals surface area contributed by atoms with Crippen molar-refractivity contribution in [1.82, 2.24) is 10.9 Å². The Labute approximate surface area is 116 Å². The standard InChI is InChI=1S/C16H15FN2O/c1-10-8-11(6-7-14(10)17)9-15-12-4-2-3-5-13(12)16(20)19-18-15/h2-8,15,18H,9H2,1H3,(H,19,20). The van der Waals surface area contributed by atoms with E-state index < -0.39 is 0 Å². The molecule has 1 aliphatic heterocycles. The third-order valence-corrected chi connectivity index (χ3v) is 3.60. The van der Waals surface area contributed by atoms with E-state index in [1.807, 2.05) is 30.3 Å². The SMILES string of the molecule is Cc1cc(CC2NNC(=O)c3ccccc32)ccc1F. The Morgan fingerprint density at radius 3 is 2.80 bits per heavy atom. The fourth-order valence-electron chi connectivity index (χ4n) is 2.54. The van der Waals surface area contributed by atoms with Gasteiger partial charge in [0, 0.05) is 5.56 Å². The highest BCUT2D eigenvalue weighted by molar-refractivity contribution is 5.96. The molecule has 0 saturated heterocycles. The first-order valence-electron chi connectivity index (χ1n) is 6.55. The molecular weight excluding hydrogens is 255 g/mol. The lowest BCUT2D eigenvalue weighted by atomic mass is 9.93. The lowest BCUT2D eigenvalue weighted by Gasteiger charge is -2.27. The van der Waals surface area contributed by atoms with E-state index in [9.17, 15) is 9.18 Å². The Morgan fingerprint density at radius 2 is 2.00 bits per heavy atom. The first kappa shape index (κ1) is 12.8. The number of aryl methyl sites for hydroxylation is 1. The van der Waals surface area contributed by atoms with Gasteiger partial charge in [-0.3, -0.25) is 10.2 Å². The quantitative estimate of drug-likeness (QED) is 0.881. The molecule has 0 radical (unpaired) electrons. The minimum absolute atomic E-state index is 0.00578. The number of rotatable bonds is 2. The average Bonchev–Trinajstić information content (AvgIpc) is 2.46. The highest BCUT2D eigenvalue weighted by atomic mass is 19.1. The molecule has 1 atom stereocenters. The van der Waals surface area contributed by atoms with Crippen LogP contribution >= 0.6 is 0 Å². The number of hydrogen-bond donors (Lipinski definition) is 2. The average molecular weight is 270 g/mol. The number of hydrogen-bond acceptors (Lipinski definition) is 2. The van der Waals surface area contributed by atoms with E-state index in [1.165, 1.54) is 6.07 Å². The van der Waals surface area contributed by atoms with Crippen LogP contribution < -0.4 is 10.9 Å². The van der Waals surface area contributed by atoms with E-state index in [0.717, 1.165) is 11.1 Å². The molecule has 4 heteroatoms. The van der Waals surface area contributed by atoms with Gasteiger partial charge < -0.3 is 0 Å². The van der Waals surface area contributed by atoms with Crippen molar-refractivity contribution >= 4 is 5.91 Å². The fraction of sp³-hybridized carbons (Fsp3) is 0.188. The van der Waals surface area contributed by atoms with Crippen molar-refractivity contribution in [3.05, 3.63) is 70.5 Å². The maximum absolute atomic E-state index is 13.3. The Bertz CT molecular complexity index is 669. The molecule has 20 heavy (non-hydrogen) atoms. The Kier molecular flexibility index (Phi) is 3.24. The van der Waals surface area contributed by atoms with E-state index in [0.29, 0.717) is 17.5 Å². The highest BCUT2D eigenvalue weighted by Crippen LogP contribution is 2.25. The van der Waals surface area contributed by atoms with Crippen LogP contribution in [0.4, 0.5) is 4.39 Å². The maximum atomic E-state index is 13.3. The number of carbonyl (C=O) groups excluding carboxylic acids is 1. The van der Waals surface area contributed by atoms with Gasteiger partial charge in [0.2, 0.25) is 0 Å². The van der Waals surface area contributed by atoms with Crippen molar-refractivity contribution in [2.75, 3.05) is 0 Å². The molecule has 1 unspecified atom stereocenters. The predicted octanol–water partition coefficient (Wildman–Crippen LogP) is 2.67. The van der Waals surface area contributed by atoms with Crippen molar-refractivity contribution in [3.8, 4) is 0 Å². The molecule has 1 amide bonds. The molecular formula is C16H15FN2O. The summed E-state index contributed by atoms with van der Waals surface area (Å²) >= 11 is 0. The molecule has 102 valence electrons. The van der Waals surface area contributed by atoms with Gasteiger partial charge in [0.05, 0.1) is 6.04 Å². The van der Waals surface area contributed by atoms with E-state index >= 15 is 0 Å². The van der Waals surface area contributed by atoms with E-state index in [4.69, 9.17) is 0 Å². The summed E-state index contributed by atoms with van der Waals surface area (Å²) in [7, 11) is 0. The molecule has 2 N–H and O–H groups in total. The minimum Gasteiger partial charge on any atom is -0.287 e. The van der Waals surface area contributed by atoms with Crippen LogP contribution in [0.2, 0.25) is 0 Å². The molecule has 0 aliphatic carbocycles. The molecule has 3 nitrogen and oxygen atoms in total. The molecule has 0 bridgehead atoms. The Morgan fingerprint density at radius 1 is 1.20 bits per heavy atom. The van der Waals surface area contributed by atoms with Crippen molar-refractivity contribution in [1.29, 1.82) is 0 Å². The second-order valence-corrected chi connectivity index (χ2v) is 5.03. The van der Waals surface area contributed by atoms with Gasteiger partial charge in [0.15, 0.2) is 0 Å². The second-order valence-electron chi connectivity index (χ2n) is 5.03. The van der Waals surface area contributed by atoms with E-state index in [2.05, 4.69) is 10.9 Å². The zero-order valence-corrected chi connectivity index (χ0v) is 11.1. The highest BCUT2D eigenvalue weighted by Gasteiger charge is 2.24. The van der Waals surface area contributed by atoms with E-state index in [1.54, 1.807) is 13.0 Å². The van der Waals surface area contributed by atoms with Gasteiger partial charge in [-0.25, -0.2) is 9.82 Å². The number of nitrogens with one attached hydrogen (secondary N) is 2. The van der Waals surface area contributed by atoms with Crippen LogP contribution in [-0.4, -0.2) is 5.91 Å². The summed E-state index contributed by atoms with van der Waals surface area (Å²) in [4.78, 5) is 11.8. The lowest BCUT2D eigenvalue weighted by molar-refractivity contribution is 0.0907. The zero-order valence-electron chi connectivity index (χ0n) is 11.1. The number of hydrazine groups is 1. The number of benzene rings is 2. The van der Waals surface area contributed by atoms with Crippen molar-refractivity contribution in [2.24, 2.45) is 0 Å². The third kappa shape index (κ3) is 2.30. The summed E-state index contributed by atoms with van der Waals surface area (Å²) in [5.41, 5.74) is 9.02. The summed E-state index contributed by atoms with van der Waals surface area (Å²) in [6.45, 7) is 1.75.